The first-order valence-electron chi connectivity index (χ1n) is 13.3. The molecule has 11 nitrogen and oxygen atoms in total. The van der Waals surface area contributed by atoms with Crippen LogP contribution in [0.1, 0.15) is 49.7 Å². The number of pyridine rings is 1. The number of methoxy groups -OCH3 is 1. The van der Waals surface area contributed by atoms with E-state index in [-0.39, 0.29) is 24.1 Å². The summed E-state index contributed by atoms with van der Waals surface area (Å²) < 4.78 is 89.3. The molecular weight excluding hydrogens is 545 g/mol. The number of fused-ring (bicyclic) bond motifs is 1. The van der Waals surface area contributed by atoms with E-state index in [1.165, 1.54) is 17.8 Å². The number of carbonyl (C=O) groups is 2. The van der Waals surface area contributed by atoms with Crippen LogP contribution in [0.5, 0.6) is 0 Å². The van der Waals surface area contributed by atoms with Crippen molar-refractivity contribution >= 4 is 34.4 Å². The van der Waals surface area contributed by atoms with Crippen LogP contribution >= 0.6 is 0 Å². The summed E-state index contributed by atoms with van der Waals surface area (Å²) in [6.45, 7) is 6.29. The molecule has 3 aromatic rings. The minimum absolute atomic E-state index is 0.135. The maximum absolute atomic E-state index is 14.2. The normalized spacial score (nSPS) is 18.9. The monoisotopic (exact) mass is 576 g/mol. The number of hydrogen-bond acceptors (Lipinski definition) is 8. The van der Waals surface area contributed by atoms with Gasteiger partial charge in [0.1, 0.15) is 5.82 Å². The number of aryl methyl sites for hydroxylation is 1. The smallest absolute Gasteiger partial charge is 0.475 e. The Balaban J connectivity index is 0.000000646. The number of aromatic nitrogens is 5. The molecular formula is C24H28F5N7O4. The van der Waals surface area contributed by atoms with Gasteiger partial charge in [0, 0.05) is 58.0 Å². The Morgan fingerprint density at radius 1 is 1.25 bits per heavy atom. The van der Waals surface area contributed by atoms with Crippen LogP contribution in [0.4, 0.5) is 33.6 Å². The predicted molar refractivity (Wildman–Crippen MR) is 134 cm³/mol. The molecule has 0 spiro atoms. The van der Waals surface area contributed by atoms with Crippen molar-refractivity contribution in [1.82, 2.24) is 24.7 Å². The van der Waals surface area contributed by atoms with Crippen molar-refractivity contribution in [3.63, 3.8) is 0 Å². The van der Waals surface area contributed by atoms with Gasteiger partial charge in [-0.1, -0.05) is 6.92 Å². The lowest BCUT2D eigenvalue weighted by Gasteiger charge is -2.22. The Morgan fingerprint density at radius 3 is 2.48 bits per heavy atom. The van der Waals surface area contributed by atoms with Crippen LogP contribution in [0.2, 0.25) is 0 Å². The SMILES string of the molecule is O=C(O)C(F)(F)F.[2H]C([2H])([2H])OC1(C)CCN(c2nn(-c3cc(CC)nc(C(C)(F)F)n3)c3cc(NC(C)=O)ncc23)C1. The lowest BCUT2D eigenvalue weighted by molar-refractivity contribution is -0.192. The summed E-state index contributed by atoms with van der Waals surface area (Å²) in [5.74, 6) is -6.12. The Bertz CT molecular complexity index is 1510. The Morgan fingerprint density at radius 2 is 1.93 bits per heavy atom. The highest BCUT2D eigenvalue weighted by atomic mass is 19.4. The number of hydrogen-bond donors (Lipinski definition) is 2. The third-order valence-corrected chi connectivity index (χ3v) is 5.81. The zero-order valence-corrected chi connectivity index (χ0v) is 21.8. The van der Waals surface area contributed by atoms with Gasteiger partial charge in [0.05, 0.1) is 20.6 Å². The zero-order valence-electron chi connectivity index (χ0n) is 24.8. The quantitative estimate of drug-likeness (QED) is 0.416. The van der Waals surface area contributed by atoms with Crippen molar-refractivity contribution < 1.29 is 45.5 Å². The number of halogens is 5. The molecule has 1 aliphatic rings. The van der Waals surface area contributed by atoms with Crippen LogP contribution < -0.4 is 10.2 Å². The molecule has 3 aromatic heterocycles. The largest absolute Gasteiger partial charge is 0.490 e. The molecule has 40 heavy (non-hydrogen) atoms. The highest BCUT2D eigenvalue weighted by Gasteiger charge is 2.38. The van der Waals surface area contributed by atoms with Gasteiger partial charge in [0.2, 0.25) is 11.7 Å². The van der Waals surface area contributed by atoms with Crippen molar-refractivity contribution in [2.45, 2.75) is 58.2 Å². The molecule has 1 unspecified atom stereocenters. The van der Waals surface area contributed by atoms with Crippen LogP contribution in [0.25, 0.3) is 16.7 Å². The third kappa shape index (κ3) is 6.97. The zero-order chi connectivity index (χ0) is 32.5. The minimum Gasteiger partial charge on any atom is -0.475 e. The van der Waals surface area contributed by atoms with Crippen LogP contribution in [0, 0.1) is 0 Å². The number of carbonyl (C=O) groups excluding carboxylic acids is 1. The fraction of sp³-hybridized carbons (Fsp3) is 0.500. The van der Waals surface area contributed by atoms with E-state index >= 15 is 0 Å². The molecule has 1 amide bonds. The maximum Gasteiger partial charge on any atom is 0.490 e. The van der Waals surface area contributed by atoms with E-state index in [9.17, 15) is 26.7 Å². The summed E-state index contributed by atoms with van der Waals surface area (Å²) in [6, 6.07) is 3.16. The van der Waals surface area contributed by atoms with Crippen molar-refractivity contribution in [3.8, 4) is 5.82 Å². The van der Waals surface area contributed by atoms with Gasteiger partial charge in [-0.3, -0.25) is 4.79 Å². The number of nitrogens with one attached hydrogen (secondary N) is 1. The van der Waals surface area contributed by atoms with E-state index < -0.39 is 36.5 Å². The van der Waals surface area contributed by atoms with Crippen LogP contribution in [0.3, 0.4) is 0 Å². The summed E-state index contributed by atoms with van der Waals surface area (Å²) in [6.07, 6.45) is -2.71. The molecule has 0 radical (unpaired) electrons. The number of amides is 1. The van der Waals surface area contributed by atoms with Gasteiger partial charge in [0.25, 0.3) is 0 Å². The molecule has 4 heterocycles. The van der Waals surface area contributed by atoms with E-state index in [2.05, 4.69) is 25.4 Å². The van der Waals surface area contributed by atoms with Crippen molar-refractivity contribution in [2.24, 2.45) is 0 Å². The first-order valence-corrected chi connectivity index (χ1v) is 11.8. The maximum atomic E-state index is 14.2. The predicted octanol–water partition coefficient (Wildman–Crippen LogP) is 4.09. The molecule has 4 rings (SSSR count). The number of rotatable bonds is 6. The molecule has 2 N–H and O–H groups in total. The highest BCUT2D eigenvalue weighted by molar-refractivity contribution is 5.95. The molecule has 16 heteroatoms. The number of ether oxygens (including phenoxy) is 1. The average Bonchev–Trinajstić information content (AvgIpc) is 3.41. The van der Waals surface area contributed by atoms with Gasteiger partial charge in [-0.05, 0) is 19.8 Å². The van der Waals surface area contributed by atoms with Crippen LogP contribution in [-0.2, 0) is 26.7 Å². The van der Waals surface area contributed by atoms with Gasteiger partial charge in [-0.2, -0.15) is 22.0 Å². The summed E-state index contributed by atoms with van der Waals surface area (Å²) >= 11 is 0. The Labute approximate surface area is 229 Å². The van der Waals surface area contributed by atoms with Gasteiger partial charge >= 0.3 is 18.1 Å². The first kappa shape index (κ1) is 26.3. The van der Waals surface area contributed by atoms with E-state index in [0.29, 0.717) is 41.8 Å². The standard InChI is InChI=1S/C22H27F2N7O2.C2HF3O2/c1-6-14-9-18(28-20(27-14)22(4,23)24)31-16-10-17(26-13(2)32)25-11-15(16)19(29-31)30-8-7-21(3,12-30)33-5;3-2(4,5)1(6)7/h9-11H,6-8,12H2,1-5H3,(H,25,26,32);(H,6,7)/i5D3;. The molecule has 0 saturated carbocycles. The summed E-state index contributed by atoms with van der Waals surface area (Å²) in [5.41, 5.74) is -0.0509. The van der Waals surface area contributed by atoms with Crippen LogP contribution in [-0.4, -0.2) is 73.6 Å². The molecule has 0 aromatic carbocycles. The molecule has 1 fully saturated rings. The Kier molecular flexibility index (Phi) is 7.40. The molecule has 1 aliphatic heterocycles. The molecule has 0 aliphatic carbocycles. The second-order valence-corrected chi connectivity index (χ2v) is 9.31. The second kappa shape index (κ2) is 11.3. The number of anilines is 2. The van der Waals surface area contributed by atoms with E-state index in [4.69, 9.17) is 18.8 Å². The number of carboxylic acid groups (broad SMARTS) is 1. The molecule has 1 saturated heterocycles. The first-order chi connectivity index (χ1) is 19.6. The molecule has 218 valence electrons. The van der Waals surface area contributed by atoms with E-state index in [0.717, 1.165) is 6.92 Å². The fourth-order valence-corrected chi connectivity index (χ4v) is 3.82. The highest BCUT2D eigenvalue weighted by Crippen LogP contribution is 2.35. The average molecular weight is 577 g/mol. The number of carboxylic acids is 1. The summed E-state index contributed by atoms with van der Waals surface area (Å²) in [7, 11) is -2.56. The van der Waals surface area contributed by atoms with Crippen molar-refractivity contribution in [3.05, 3.63) is 29.8 Å². The molecule has 0 bridgehead atoms. The van der Waals surface area contributed by atoms with Gasteiger partial charge in [-0.15, -0.1) is 5.10 Å². The Hall–Kier alpha value is -3.95. The topological polar surface area (TPSA) is 135 Å². The van der Waals surface area contributed by atoms with Crippen molar-refractivity contribution in [1.29, 1.82) is 0 Å². The van der Waals surface area contributed by atoms with Gasteiger partial charge < -0.3 is 20.1 Å². The van der Waals surface area contributed by atoms with Crippen molar-refractivity contribution in [2.75, 3.05) is 30.3 Å². The second-order valence-electron chi connectivity index (χ2n) is 9.31. The van der Waals surface area contributed by atoms with Gasteiger partial charge in [0.15, 0.2) is 11.6 Å². The summed E-state index contributed by atoms with van der Waals surface area (Å²) in [5, 5.41) is 15.0. The summed E-state index contributed by atoms with van der Waals surface area (Å²) in [4.78, 5) is 34.7. The number of aliphatic carboxylic acids is 1. The molecule has 1 atom stereocenters. The lowest BCUT2D eigenvalue weighted by Crippen LogP contribution is -2.32. The van der Waals surface area contributed by atoms with Crippen LogP contribution in [0.15, 0.2) is 18.3 Å². The van der Waals surface area contributed by atoms with E-state index in [1.54, 1.807) is 26.0 Å². The number of nitrogens with zero attached hydrogens (tertiary/aromatic N) is 6. The van der Waals surface area contributed by atoms with E-state index in [1.807, 2.05) is 4.90 Å². The third-order valence-electron chi connectivity index (χ3n) is 5.81. The number of alkyl halides is 5. The fourth-order valence-electron chi connectivity index (χ4n) is 3.82. The minimum atomic E-state index is -5.08. The lowest BCUT2D eigenvalue weighted by atomic mass is 10.1. The van der Waals surface area contributed by atoms with Gasteiger partial charge in [-0.25, -0.2) is 24.4 Å².